The Morgan fingerprint density at radius 2 is 2.50 bits per heavy atom. The van der Waals surface area contributed by atoms with Gasteiger partial charge in [-0.1, -0.05) is 11.8 Å². The van der Waals surface area contributed by atoms with Crippen LogP contribution in [0.1, 0.15) is 18.7 Å². The fourth-order valence-corrected chi connectivity index (χ4v) is 1.51. The number of hydrazone groups is 1. The van der Waals surface area contributed by atoms with Gasteiger partial charge < -0.3 is 21.3 Å². The number of hydrogen-bond acceptors (Lipinski definition) is 5. The van der Waals surface area contributed by atoms with Gasteiger partial charge in [0, 0.05) is 0 Å². The number of nitrogens with zero attached hydrogens (tertiary/aromatic N) is 1. The number of rotatable bonds is 4. The Balaban J connectivity index is 2.35. The lowest BCUT2D eigenvalue weighted by Crippen LogP contribution is -2.29. The van der Waals surface area contributed by atoms with E-state index in [1.165, 1.54) is 0 Å². The number of amidine groups is 1. The molecule has 1 atom stereocenters. The molecule has 0 saturated carbocycles. The monoisotopic (exact) mass is 242 g/mol. The van der Waals surface area contributed by atoms with Crippen LogP contribution in [-0.4, -0.2) is 16.8 Å². The molecule has 5 N–H and O–H groups in total. The third kappa shape index (κ3) is 3.85. The molecule has 0 radical (unpaired) electrons. The molecule has 16 heavy (non-hydrogen) atoms. The number of furan rings is 1. The molecule has 6 nitrogen and oxygen atoms in total. The number of amides is 1. The number of thioether (sulfide) groups is 1. The lowest BCUT2D eigenvalue weighted by molar-refractivity contribution is -0.119. The maximum absolute atomic E-state index is 11.4. The van der Waals surface area contributed by atoms with Gasteiger partial charge in [-0.3, -0.25) is 4.79 Å². The molecule has 0 bridgehead atoms. The highest BCUT2D eigenvalue weighted by molar-refractivity contribution is 8.14. The van der Waals surface area contributed by atoms with Crippen LogP contribution in [0.2, 0.25) is 0 Å². The van der Waals surface area contributed by atoms with E-state index in [-0.39, 0.29) is 22.9 Å². The predicted octanol–water partition coefficient (Wildman–Crippen LogP) is 0.378. The highest BCUT2D eigenvalue weighted by Crippen LogP contribution is 2.12. The summed E-state index contributed by atoms with van der Waals surface area (Å²) in [5.74, 6) is 5.67. The topological polar surface area (TPSA) is 107 Å². The predicted molar refractivity (Wildman–Crippen MR) is 63.5 cm³/mol. The minimum Gasteiger partial charge on any atom is -0.467 e. The van der Waals surface area contributed by atoms with Gasteiger partial charge >= 0.3 is 0 Å². The Bertz CT molecular complexity index is 364. The second-order valence-corrected chi connectivity index (χ2v) is 4.06. The quantitative estimate of drug-likeness (QED) is 0.306. The second kappa shape index (κ2) is 6.06. The first-order chi connectivity index (χ1) is 7.63. The summed E-state index contributed by atoms with van der Waals surface area (Å²) >= 11 is 1.08. The van der Waals surface area contributed by atoms with Crippen LogP contribution in [-0.2, 0) is 4.79 Å². The van der Waals surface area contributed by atoms with E-state index in [2.05, 4.69) is 10.4 Å². The Morgan fingerprint density at radius 1 is 1.75 bits per heavy atom. The maximum Gasteiger partial charge on any atom is 0.231 e. The molecule has 1 heterocycles. The maximum atomic E-state index is 11.4. The van der Waals surface area contributed by atoms with Crippen LogP contribution in [0.5, 0.6) is 0 Å². The van der Waals surface area contributed by atoms with Crippen molar-refractivity contribution in [3.8, 4) is 0 Å². The first-order valence-corrected chi connectivity index (χ1v) is 5.61. The van der Waals surface area contributed by atoms with Crippen molar-refractivity contribution in [3.05, 3.63) is 24.2 Å². The first kappa shape index (κ1) is 12.4. The van der Waals surface area contributed by atoms with E-state index in [0.717, 1.165) is 11.8 Å². The highest BCUT2D eigenvalue weighted by Gasteiger charge is 2.11. The number of hydrogen-bond donors (Lipinski definition) is 3. The minimum absolute atomic E-state index is 0.152. The van der Waals surface area contributed by atoms with E-state index in [0.29, 0.717) is 5.76 Å². The summed E-state index contributed by atoms with van der Waals surface area (Å²) < 4.78 is 5.15. The largest absolute Gasteiger partial charge is 0.467 e. The normalized spacial score (nSPS) is 13.4. The van der Waals surface area contributed by atoms with Crippen LogP contribution in [0.4, 0.5) is 0 Å². The molecule has 1 amide bonds. The molecule has 0 aromatic carbocycles. The zero-order valence-electron chi connectivity index (χ0n) is 8.84. The molecule has 0 aliphatic rings. The summed E-state index contributed by atoms with van der Waals surface area (Å²) in [4.78, 5) is 11.4. The van der Waals surface area contributed by atoms with E-state index in [4.69, 9.17) is 16.0 Å². The molecule has 1 rings (SSSR count). The van der Waals surface area contributed by atoms with E-state index >= 15 is 0 Å². The molecular weight excluding hydrogens is 228 g/mol. The van der Waals surface area contributed by atoms with E-state index < -0.39 is 0 Å². The number of nitrogens with one attached hydrogen (secondary N) is 1. The van der Waals surface area contributed by atoms with E-state index in [9.17, 15) is 4.79 Å². The second-order valence-electron chi connectivity index (χ2n) is 3.06. The summed E-state index contributed by atoms with van der Waals surface area (Å²) in [5, 5.41) is 6.19. The molecule has 0 saturated heterocycles. The SMILES string of the molecule is CC(NC(=O)CSC(N)=NN)c1ccco1. The van der Waals surface area contributed by atoms with Crippen molar-refractivity contribution in [1.29, 1.82) is 0 Å². The van der Waals surface area contributed by atoms with Crippen molar-refractivity contribution >= 4 is 22.8 Å². The molecule has 1 unspecified atom stereocenters. The average Bonchev–Trinajstić information content (AvgIpc) is 2.79. The van der Waals surface area contributed by atoms with Crippen LogP contribution in [0.3, 0.4) is 0 Å². The fraction of sp³-hybridized carbons (Fsp3) is 0.333. The smallest absolute Gasteiger partial charge is 0.231 e. The standard InChI is InChI=1S/C9H14N4O2S/c1-6(7-3-2-4-15-7)12-8(14)5-16-9(10)13-11/h2-4,6H,5,11H2,1H3,(H2,10,13)(H,12,14). The minimum atomic E-state index is -0.167. The van der Waals surface area contributed by atoms with Crippen molar-refractivity contribution < 1.29 is 9.21 Å². The van der Waals surface area contributed by atoms with E-state index in [1.54, 1.807) is 18.4 Å². The molecule has 0 aliphatic carbocycles. The summed E-state index contributed by atoms with van der Waals surface area (Å²) in [6.45, 7) is 1.84. The van der Waals surface area contributed by atoms with Gasteiger partial charge in [-0.15, -0.1) is 0 Å². The first-order valence-electron chi connectivity index (χ1n) is 4.62. The van der Waals surface area contributed by atoms with Crippen molar-refractivity contribution in [3.63, 3.8) is 0 Å². The summed E-state index contributed by atoms with van der Waals surface area (Å²) in [6.07, 6.45) is 1.56. The average molecular weight is 242 g/mol. The fourth-order valence-electron chi connectivity index (χ4n) is 1.07. The molecule has 88 valence electrons. The number of carbonyl (C=O) groups excluding carboxylic acids is 1. The van der Waals surface area contributed by atoms with Crippen LogP contribution >= 0.6 is 11.8 Å². The Labute approximate surface area is 97.4 Å². The molecule has 0 fully saturated rings. The van der Waals surface area contributed by atoms with Gasteiger partial charge in [0.25, 0.3) is 0 Å². The van der Waals surface area contributed by atoms with Crippen LogP contribution in [0.15, 0.2) is 27.9 Å². The molecule has 1 aromatic heterocycles. The molecular formula is C9H14N4O2S. The summed E-state index contributed by atoms with van der Waals surface area (Å²) in [6, 6.07) is 3.40. The molecule has 7 heteroatoms. The summed E-state index contributed by atoms with van der Waals surface area (Å²) in [7, 11) is 0. The lowest BCUT2D eigenvalue weighted by atomic mass is 10.2. The Kier molecular flexibility index (Phi) is 4.71. The highest BCUT2D eigenvalue weighted by atomic mass is 32.2. The lowest BCUT2D eigenvalue weighted by Gasteiger charge is -2.10. The van der Waals surface area contributed by atoms with Crippen LogP contribution in [0, 0.1) is 0 Å². The van der Waals surface area contributed by atoms with Gasteiger partial charge in [-0.2, -0.15) is 5.10 Å². The van der Waals surface area contributed by atoms with Crippen LogP contribution < -0.4 is 16.9 Å². The Morgan fingerprint density at radius 3 is 3.06 bits per heavy atom. The Hall–Kier alpha value is -1.63. The third-order valence-corrected chi connectivity index (χ3v) is 2.63. The van der Waals surface area contributed by atoms with Gasteiger partial charge in [-0.05, 0) is 19.1 Å². The third-order valence-electron chi connectivity index (χ3n) is 1.83. The molecule has 0 spiro atoms. The van der Waals surface area contributed by atoms with Crippen molar-refractivity contribution in [2.45, 2.75) is 13.0 Å². The molecule has 0 aliphatic heterocycles. The number of nitrogens with two attached hydrogens (primary N) is 2. The molecule has 1 aromatic rings. The van der Waals surface area contributed by atoms with Crippen molar-refractivity contribution in [2.24, 2.45) is 16.7 Å². The van der Waals surface area contributed by atoms with Gasteiger partial charge in [0.05, 0.1) is 18.1 Å². The van der Waals surface area contributed by atoms with Gasteiger partial charge in [-0.25, -0.2) is 0 Å². The zero-order valence-corrected chi connectivity index (χ0v) is 9.66. The van der Waals surface area contributed by atoms with Gasteiger partial charge in [0.2, 0.25) is 5.91 Å². The van der Waals surface area contributed by atoms with Crippen molar-refractivity contribution in [2.75, 3.05) is 5.75 Å². The van der Waals surface area contributed by atoms with Gasteiger partial charge in [0.15, 0.2) is 5.17 Å². The number of carbonyl (C=O) groups is 1. The van der Waals surface area contributed by atoms with Gasteiger partial charge in [0.1, 0.15) is 5.76 Å². The zero-order chi connectivity index (χ0) is 12.0. The van der Waals surface area contributed by atoms with Crippen molar-refractivity contribution in [1.82, 2.24) is 5.32 Å². The van der Waals surface area contributed by atoms with Crippen LogP contribution in [0.25, 0.3) is 0 Å². The van der Waals surface area contributed by atoms with E-state index in [1.807, 2.05) is 6.92 Å². The summed E-state index contributed by atoms with van der Waals surface area (Å²) in [5.41, 5.74) is 5.34.